The first-order chi connectivity index (χ1) is 14.3. The van der Waals surface area contributed by atoms with Crippen molar-refractivity contribution in [3.63, 3.8) is 0 Å². The van der Waals surface area contributed by atoms with Crippen molar-refractivity contribution in [2.24, 2.45) is 5.10 Å². The smallest absolute Gasteiger partial charge is 0.262 e. The summed E-state index contributed by atoms with van der Waals surface area (Å²) in [7, 11) is 0. The van der Waals surface area contributed by atoms with E-state index in [-0.39, 0.29) is 12.5 Å². The number of aromatic nitrogens is 1. The van der Waals surface area contributed by atoms with Gasteiger partial charge in [0, 0.05) is 16.4 Å². The van der Waals surface area contributed by atoms with Crippen molar-refractivity contribution >= 4 is 55.6 Å². The standard InChI is InChI=1S/C22H25ClN4O2S/c1-6-14(4)26-27-22-24-18-10-13(3)20(15(5)21(18)30-22)25-19(28)11-29-16-7-8-17(23)12(2)9-16/h7-10H,6,11H2,1-5H3,(H,24,27)(H,25,28)/b26-14+. The van der Waals surface area contributed by atoms with Crippen molar-refractivity contribution in [2.45, 2.75) is 41.0 Å². The zero-order valence-corrected chi connectivity index (χ0v) is 19.3. The number of carbonyl (C=O) groups excluding carboxylic acids is 1. The minimum atomic E-state index is -0.223. The van der Waals surface area contributed by atoms with Crippen LogP contribution >= 0.6 is 22.9 Å². The molecule has 2 N–H and O–H groups in total. The van der Waals surface area contributed by atoms with Crippen LogP contribution in [0.15, 0.2) is 29.4 Å². The SMILES string of the molecule is CC/C(C)=N/Nc1nc2cc(C)c(NC(=O)COc3ccc(Cl)c(C)c3)c(C)c2s1. The molecule has 6 nitrogen and oxygen atoms in total. The first kappa shape index (κ1) is 22.1. The summed E-state index contributed by atoms with van der Waals surface area (Å²) >= 11 is 7.54. The summed E-state index contributed by atoms with van der Waals surface area (Å²) in [6.07, 6.45) is 0.879. The van der Waals surface area contributed by atoms with Gasteiger partial charge in [0.25, 0.3) is 5.91 Å². The molecule has 1 aromatic heterocycles. The average Bonchev–Trinajstić information content (AvgIpc) is 3.13. The third-order valence-corrected chi connectivity index (χ3v) is 6.25. The fourth-order valence-electron chi connectivity index (χ4n) is 2.88. The van der Waals surface area contributed by atoms with E-state index < -0.39 is 0 Å². The Morgan fingerprint density at radius 1 is 1.23 bits per heavy atom. The Morgan fingerprint density at radius 3 is 2.70 bits per heavy atom. The maximum Gasteiger partial charge on any atom is 0.262 e. The van der Waals surface area contributed by atoms with Crippen LogP contribution in [0.1, 0.15) is 37.0 Å². The fourth-order valence-corrected chi connectivity index (χ4v) is 3.89. The lowest BCUT2D eigenvalue weighted by molar-refractivity contribution is -0.118. The van der Waals surface area contributed by atoms with Gasteiger partial charge in [0.15, 0.2) is 6.61 Å². The molecule has 0 atom stereocenters. The van der Waals surface area contributed by atoms with Crippen molar-refractivity contribution in [2.75, 3.05) is 17.3 Å². The lowest BCUT2D eigenvalue weighted by Gasteiger charge is -2.13. The van der Waals surface area contributed by atoms with Gasteiger partial charge in [0.1, 0.15) is 5.75 Å². The minimum absolute atomic E-state index is 0.0848. The number of halogens is 1. The second kappa shape index (κ2) is 9.45. The van der Waals surface area contributed by atoms with Crippen molar-refractivity contribution in [1.29, 1.82) is 0 Å². The van der Waals surface area contributed by atoms with Crippen LogP contribution in [0.25, 0.3) is 10.2 Å². The van der Waals surface area contributed by atoms with Gasteiger partial charge in [-0.15, -0.1) is 0 Å². The summed E-state index contributed by atoms with van der Waals surface area (Å²) in [6.45, 7) is 9.77. The first-order valence-electron chi connectivity index (χ1n) is 9.67. The van der Waals surface area contributed by atoms with Crippen LogP contribution < -0.4 is 15.5 Å². The number of hydrogen-bond acceptors (Lipinski definition) is 6. The van der Waals surface area contributed by atoms with Crippen molar-refractivity contribution in [3.8, 4) is 5.75 Å². The number of nitrogens with zero attached hydrogens (tertiary/aromatic N) is 2. The molecular weight excluding hydrogens is 420 g/mol. The summed E-state index contributed by atoms with van der Waals surface area (Å²) in [5.74, 6) is 0.385. The average molecular weight is 445 g/mol. The van der Waals surface area contributed by atoms with Crippen LogP contribution in [0.3, 0.4) is 0 Å². The van der Waals surface area contributed by atoms with E-state index in [2.05, 4.69) is 27.8 Å². The van der Waals surface area contributed by atoms with Gasteiger partial charge in [-0.25, -0.2) is 4.98 Å². The zero-order valence-electron chi connectivity index (χ0n) is 17.7. The normalized spacial score (nSPS) is 11.6. The largest absolute Gasteiger partial charge is 0.484 e. The van der Waals surface area contributed by atoms with Gasteiger partial charge >= 0.3 is 0 Å². The van der Waals surface area contributed by atoms with Crippen molar-refractivity contribution in [3.05, 3.63) is 46.0 Å². The molecule has 0 saturated carbocycles. The molecule has 30 heavy (non-hydrogen) atoms. The number of nitrogens with one attached hydrogen (secondary N) is 2. The molecule has 2 aromatic carbocycles. The number of anilines is 2. The first-order valence-corrected chi connectivity index (χ1v) is 10.9. The lowest BCUT2D eigenvalue weighted by atomic mass is 10.1. The van der Waals surface area contributed by atoms with Crippen LogP contribution in [0.2, 0.25) is 5.02 Å². The van der Waals surface area contributed by atoms with E-state index in [1.54, 1.807) is 12.1 Å². The molecule has 0 fully saturated rings. The summed E-state index contributed by atoms with van der Waals surface area (Å²) in [4.78, 5) is 17.1. The maximum absolute atomic E-state index is 12.5. The van der Waals surface area contributed by atoms with Gasteiger partial charge in [-0.05, 0) is 75.1 Å². The van der Waals surface area contributed by atoms with Crippen LogP contribution in [-0.4, -0.2) is 23.2 Å². The quantitative estimate of drug-likeness (QED) is 0.341. The van der Waals surface area contributed by atoms with Gasteiger partial charge in [-0.1, -0.05) is 29.9 Å². The van der Waals surface area contributed by atoms with Crippen LogP contribution in [0, 0.1) is 20.8 Å². The second-order valence-corrected chi connectivity index (χ2v) is 8.53. The number of ether oxygens (including phenoxy) is 1. The maximum atomic E-state index is 12.5. The lowest BCUT2D eigenvalue weighted by Crippen LogP contribution is -2.21. The van der Waals surface area contributed by atoms with Gasteiger partial charge in [-0.2, -0.15) is 5.10 Å². The monoisotopic (exact) mass is 444 g/mol. The highest BCUT2D eigenvalue weighted by molar-refractivity contribution is 7.22. The third kappa shape index (κ3) is 5.09. The summed E-state index contributed by atoms with van der Waals surface area (Å²) in [5, 5.41) is 8.69. The predicted octanol–water partition coefficient (Wildman–Crippen LogP) is 6.09. The van der Waals surface area contributed by atoms with Crippen molar-refractivity contribution < 1.29 is 9.53 Å². The molecule has 1 heterocycles. The zero-order chi connectivity index (χ0) is 21.8. The molecule has 3 rings (SSSR count). The molecular formula is C22H25ClN4O2S. The van der Waals surface area contributed by atoms with E-state index in [9.17, 15) is 4.79 Å². The molecule has 158 valence electrons. The Morgan fingerprint density at radius 2 is 2.00 bits per heavy atom. The number of hydrogen-bond donors (Lipinski definition) is 2. The minimum Gasteiger partial charge on any atom is -0.484 e. The van der Waals surface area contributed by atoms with E-state index in [1.807, 2.05) is 39.8 Å². The van der Waals surface area contributed by atoms with Gasteiger partial charge in [-0.3, -0.25) is 10.2 Å². The molecule has 1 amide bonds. The van der Waals surface area contributed by atoms with Crippen molar-refractivity contribution in [1.82, 2.24) is 4.98 Å². The van der Waals surface area contributed by atoms with Gasteiger partial charge in [0.2, 0.25) is 5.13 Å². The Balaban J connectivity index is 1.74. The van der Waals surface area contributed by atoms with Gasteiger partial charge < -0.3 is 10.1 Å². The number of benzene rings is 2. The Hall–Kier alpha value is -2.64. The molecule has 0 radical (unpaired) electrons. The summed E-state index contributed by atoms with van der Waals surface area (Å²) < 4.78 is 6.62. The summed E-state index contributed by atoms with van der Waals surface area (Å²) in [6, 6.07) is 7.29. The number of fused-ring (bicyclic) bond motifs is 1. The molecule has 0 unspecified atom stereocenters. The van der Waals surface area contributed by atoms with Gasteiger partial charge in [0.05, 0.1) is 10.2 Å². The highest BCUT2D eigenvalue weighted by Gasteiger charge is 2.15. The Kier molecular flexibility index (Phi) is 6.95. The van der Waals surface area contributed by atoms with E-state index in [0.29, 0.717) is 10.8 Å². The van der Waals surface area contributed by atoms with Crippen LogP contribution in [-0.2, 0) is 4.79 Å². The Bertz CT molecular complexity index is 1120. The molecule has 3 aromatic rings. The molecule has 0 aliphatic rings. The molecule has 0 saturated heterocycles. The number of carbonyl (C=O) groups is 1. The molecule has 0 bridgehead atoms. The fraction of sp³-hybridized carbons (Fsp3) is 0.318. The summed E-state index contributed by atoms with van der Waals surface area (Å²) in [5.41, 5.74) is 8.51. The number of hydrazone groups is 1. The number of rotatable bonds is 7. The molecule has 8 heteroatoms. The molecule has 0 aliphatic carbocycles. The van der Waals surface area contributed by atoms with E-state index in [4.69, 9.17) is 16.3 Å². The van der Waals surface area contributed by atoms with Crippen LogP contribution in [0.5, 0.6) is 5.75 Å². The highest BCUT2D eigenvalue weighted by Crippen LogP contribution is 2.35. The van der Waals surface area contributed by atoms with E-state index >= 15 is 0 Å². The topological polar surface area (TPSA) is 75.6 Å². The molecule has 0 spiro atoms. The third-order valence-electron chi connectivity index (χ3n) is 4.73. The number of amides is 1. The van der Waals surface area contributed by atoms with Crippen LogP contribution in [0.4, 0.5) is 10.8 Å². The van der Waals surface area contributed by atoms with E-state index in [1.165, 1.54) is 11.3 Å². The predicted molar refractivity (Wildman–Crippen MR) is 126 cm³/mol. The number of thiazole rings is 1. The van der Waals surface area contributed by atoms with E-state index in [0.717, 1.165) is 49.9 Å². The Labute approximate surface area is 185 Å². The number of aryl methyl sites for hydroxylation is 3. The highest BCUT2D eigenvalue weighted by atomic mass is 35.5. The second-order valence-electron chi connectivity index (χ2n) is 7.12. The molecule has 0 aliphatic heterocycles.